The minimum Gasteiger partial charge on any atom is -0.354 e. The highest BCUT2D eigenvalue weighted by molar-refractivity contribution is 7.89. The first-order valence-electron chi connectivity index (χ1n) is 13.7. The van der Waals surface area contributed by atoms with Gasteiger partial charge in [0.25, 0.3) is 0 Å². The number of nitrogens with zero attached hydrogens (tertiary/aromatic N) is 5. The molecule has 4 aliphatic rings. The second-order valence-electron chi connectivity index (χ2n) is 11.6. The monoisotopic (exact) mass is 612 g/mol. The van der Waals surface area contributed by atoms with Gasteiger partial charge in [0.05, 0.1) is 10.5 Å². The first kappa shape index (κ1) is 28.7. The average Bonchev–Trinajstić information content (AvgIpc) is 3.54. The van der Waals surface area contributed by atoms with Crippen molar-refractivity contribution in [1.82, 2.24) is 14.2 Å². The summed E-state index contributed by atoms with van der Waals surface area (Å²) >= 11 is 5.81. The van der Waals surface area contributed by atoms with Gasteiger partial charge in [-0.05, 0) is 55.2 Å². The summed E-state index contributed by atoms with van der Waals surface area (Å²) in [7, 11) is -3.84. The fraction of sp³-hybridized carbons (Fsp3) is 0.556. The Labute approximate surface area is 242 Å². The van der Waals surface area contributed by atoms with Gasteiger partial charge >= 0.3 is 6.18 Å². The minimum absolute atomic E-state index is 0.0274. The molecule has 3 aliphatic heterocycles. The summed E-state index contributed by atoms with van der Waals surface area (Å²) in [6.45, 7) is 3.91. The lowest BCUT2D eigenvalue weighted by atomic mass is 9.89. The summed E-state index contributed by atoms with van der Waals surface area (Å²) in [4.78, 5) is 22.5. The molecule has 0 spiro atoms. The molecular weight excluding hydrogens is 581 g/mol. The number of amides is 1. The van der Waals surface area contributed by atoms with E-state index in [-0.39, 0.29) is 59.4 Å². The fourth-order valence-electron chi connectivity index (χ4n) is 6.07. The van der Waals surface area contributed by atoms with Crippen LogP contribution in [0.4, 0.5) is 24.7 Å². The number of likely N-dealkylation sites (tertiary alicyclic amines) is 1. The van der Waals surface area contributed by atoms with Crippen molar-refractivity contribution in [2.24, 2.45) is 17.6 Å². The third kappa shape index (κ3) is 5.79. The number of rotatable bonds is 7. The molecule has 4 heterocycles. The Bertz CT molecular complexity index is 1420. The van der Waals surface area contributed by atoms with E-state index >= 15 is 0 Å². The lowest BCUT2D eigenvalue weighted by Crippen LogP contribution is -2.56. The van der Waals surface area contributed by atoms with Crippen LogP contribution in [0.15, 0.2) is 41.3 Å². The highest BCUT2D eigenvalue weighted by Gasteiger charge is 2.50. The van der Waals surface area contributed by atoms with Gasteiger partial charge < -0.3 is 20.4 Å². The lowest BCUT2D eigenvalue weighted by molar-refractivity contribution is -0.137. The van der Waals surface area contributed by atoms with Gasteiger partial charge in [-0.2, -0.15) is 17.5 Å². The van der Waals surface area contributed by atoms with Crippen molar-refractivity contribution in [3.05, 3.63) is 47.1 Å². The molecular formula is C27H32ClF3N6O3S. The molecule has 14 heteroatoms. The number of pyridine rings is 1. The van der Waals surface area contributed by atoms with Gasteiger partial charge in [-0.25, -0.2) is 13.4 Å². The Balaban J connectivity index is 1.05. The topological polar surface area (TPSA) is 103 Å². The summed E-state index contributed by atoms with van der Waals surface area (Å²) in [6, 6.07) is 8.00. The number of aromatic nitrogens is 1. The van der Waals surface area contributed by atoms with Crippen molar-refractivity contribution in [2.75, 3.05) is 62.2 Å². The first-order chi connectivity index (χ1) is 19.3. The Kier molecular flexibility index (Phi) is 7.25. The lowest BCUT2D eigenvalue weighted by Gasteiger charge is -2.43. The Morgan fingerprint density at radius 1 is 1.02 bits per heavy atom. The molecule has 1 aromatic heterocycles. The highest BCUT2D eigenvalue weighted by atomic mass is 35.5. The minimum atomic E-state index is -4.57. The molecule has 1 aromatic carbocycles. The van der Waals surface area contributed by atoms with Crippen LogP contribution < -0.4 is 15.5 Å². The molecule has 6 rings (SSSR count). The standard InChI is InChI=1S/C27H32ClF3N6O3S/c28-23-12-19(27(29,30)31)13-24(33-23)35-7-9-36(10-8-35)41(39,40)22-3-1-21(2-4-22)37-15-18(11-25(37)38)14-34-16-20(17-34)26(32)5-6-26/h1-4,12-13,18,20H,5-11,14-17,32H2. The van der Waals surface area contributed by atoms with Crippen molar-refractivity contribution in [2.45, 2.75) is 35.9 Å². The van der Waals surface area contributed by atoms with Crippen molar-refractivity contribution < 1.29 is 26.4 Å². The van der Waals surface area contributed by atoms with Crippen molar-refractivity contribution in [1.29, 1.82) is 0 Å². The summed E-state index contributed by atoms with van der Waals surface area (Å²) in [6.07, 6.45) is -1.89. The molecule has 3 saturated heterocycles. The van der Waals surface area contributed by atoms with Crippen LogP contribution in [0, 0.1) is 11.8 Å². The molecule has 1 amide bonds. The normalized spacial score (nSPS) is 24.1. The van der Waals surface area contributed by atoms with E-state index in [4.69, 9.17) is 17.3 Å². The second kappa shape index (κ2) is 10.4. The number of anilines is 2. The zero-order valence-corrected chi connectivity index (χ0v) is 23.9. The van der Waals surface area contributed by atoms with Crippen LogP contribution in [-0.4, -0.2) is 86.4 Å². The zero-order valence-electron chi connectivity index (χ0n) is 22.4. The van der Waals surface area contributed by atoms with E-state index in [2.05, 4.69) is 9.88 Å². The molecule has 1 saturated carbocycles. The van der Waals surface area contributed by atoms with Gasteiger partial charge in [0.15, 0.2) is 0 Å². The SMILES string of the molecule is NC1(C2CN(CC3CC(=O)N(c4ccc(S(=O)(=O)N5CCN(c6cc(C(F)(F)F)cc(Cl)n6)CC5)cc4)C3)C2)CC1. The smallest absolute Gasteiger partial charge is 0.354 e. The van der Waals surface area contributed by atoms with Gasteiger partial charge in [0.1, 0.15) is 11.0 Å². The molecule has 1 aliphatic carbocycles. The number of nitrogens with two attached hydrogens (primary N) is 1. The number of halogens is 4. The first-order valence-corrected chi connectivity index (χ1v) is 15.6. The van der Waals surface area contributed by atoms with Gasteiger partial charge in [-0.1, -0.05) is 11.6 Å². The largest absolute Gasteiger partial charge is 0.416 e. The second-order valence-corrected chi connectivity index (χ2v) is 14.0. The molecule has 1 atom stereocenters. The maximum Gasteiger partial charge on any atom is 0.416 e. The third-order valence-corrected chi connectivity index (χ3v) is 10.9. The Morgan fingerprint density at radius 3 is 2.29 bits per heavy atom. The number of carbonyl (C=O) groups excluding carboxylic acids is 1. The maximum absolute atomic E-state index is 13.3. The van der Waals surface area contributed by atoms with E-state index < -0.39 is 21.8 Å². The van der Waals surface area contributed by atoms with Crippen molar-refractivity contribution in [3.63, 3.8) is 0 Å². The van der Waals surface area contributed by atoms with E-state index in [9.17, 15) is 26.4 Å². The highest BCUT2D eigenvalue weighted by Crippen LogP contribution is 2.44. The molecule has 0 radical (unpaired) electrons. The van der Waals surface area contributed by atoms with Gasteiger partial charge in [0.2, 0.25) is 15.9 Å². The average molecular weight is 613 g/mol. The fourth-order valence-corrected chi connectivity index (χ4v) is 7.69. The Morgan fingerprint density at radius 2 is 1.68 bits per heavy atom. The van der Waals surface area contributed by atoms with Gasteiger partial charge in [-0.3, -0.25) is 4.79 Å². The van der Waals surface area contributed by atoms with Crippen molar-refractivity contribution >= 4 is 39.0 Å². The van der Waals surface area contributed by atoms with Crippen LogP contribution in [0.3, 0.4) is 0 Å². The van der Waals surface area contributed by atoms with E-state index in [1.807, 2.05) is 0 Å². The molecule has 2 N–H and O–H groups in total. The maximum atomic E-state index is 13.3. The molecule has 1 unspecified atom stereocenters. The number of hydrogen-bond acceptors (Lipinski definition) is 7. The van der Waals surface area contributed by atoms with Crippen LogP contribution in [-0.2, 0) is 21.0 Å². The molecule has 2 aromatic rings. The number of alkyl halides is 3. The quantitative estimate of drug-likeness (QED) is 0.480. The molecule has 41 heavy (non-hydrogen) atoms. The van der Waals surface area contributed by atoms with Crippen LogP contribution in [0.2, 0.25) is 5.15 Å². The van der Waals surface area contributed by atoms with Crippen LogP contribution >= 0.6 is 11.6 Å². The molecule has 222 valence electrons. The van der Waals surface area contributed by atoms with E-state index in [0.29, 0.717) is 24.6 Å². The summed E-state index contributed by atoms with van der Waals surface area (Å²) in [5.41, 5.74) is 6.10. The summed E-state index contributed by atoms with van der Waals surface area (Å²) in [5, 5.41) is -0.278. The third-order valence-electron chi connectivity index (χ3n) is 8.78. The van der Waals surface area contributed by atoms with Crippen LogP contribution in [0.5, 0.6) is 0 Å². The van der Waals surface area contributed by atoms with Crippen LogP contribution in [0.25, 0.3) is 0 Å². The van der Waals surface area contributed by atoms with Gasteiger partial charge in [-0.15, -0.1) is 0 Å². The zero-order chi connectivity index (χ0) is 29.2. The van der Waals surface area contributed by atoms with Gasteiger partial charge in [0, 0.05) is 75.9 Å². The number of sulfonamides is 1. The van der Waals surface area contributed by atoms with E-state index in [0.717, 1.165) is 44.6 Å². The number of carbonyl (C=O) groups is 1. The van der Waals surface area contributed by atoms with E-state index in [1.54, 1.807) is 21.9 Å². The number of hydrogen-bond donors (Lipinski definition) is 1. The number of piperazine rings is 1. The summed E-state index contributed by atoms with van der Waals surface area (Å²) in [5.74, 6) is 0.862. The molecule has 9 nitrogen and oxygen atoms in total. The predicted molar refractivity (Wildman–Crippen MR) is 148 cm³/mol. The predicted octanol–water partition coefficient (Wildman–Crippen LogP) is 3.04. The van der Waals surface area contributed by atoms with Crippen molar-refractivity contribution in [3.8, 4) is 0 Å². The van der Waals surface area contributed by atoms with E-state index in [1.165, 1.54) is 16.4 Å². The summed E-state index contributed by atoms with van der Waals surface area (Å²) < 4.78 is 67.5. The molecule has 4 fully saturated rings. The number of benzene rings is 1. The molecule has 0 bridgehead atoms. The Hall–Kier alpha value is -2.45. The van der Waals surface area contributed by atoms with Crippen LogP contribution in [0.1, 0.15) is 24.8 Å².